The molecule has 0 spiro atoms. The Bertz CT molecular complexity index is 1430. The lowest BCUT2D eigenvalue weighted by Gasteiger charge is -2.29. The van der Waals surface area contributed by atoms with Crippen LogP contribution in [-0.2, 0) is 11.3 Å². The van der Waals surface area contributed by atoms with Crippen LogP contribution in [0.25, 0.3) is 11.1 Å². The van der Waals surface area contributed by atoms with E-state index >= 15 is 0 Å². The fourth-order valence-corrected chi connectivity index (χ4v) is 5.69. The zero-order valence-electron chi connectivity index (χ0n) is 24.9. The van der Waals surface area contributed by atoms with Crippen LogP contribution in [0.4, 0.5) is 21.0 Å². The van der Waals surface area contributed by atoms with Gasteiger partial charge in [0.15, 0.2) is 0 Å². The summed E-state index contributed by atoms with van der Waals surface area (Å²) in [4.78, 5) is 41.4. The molecule has 0 bridgehead atoms. The number of thioether (sulfide) groups is 1. The van der Waals surface area contributed by atoms with Gasteiger partial charge in [-0.05, 0) is 50.1 Å². The number of β-amino-alcohol motifs (C(OH)–C–C–N with tert-alkyl or cyclic N) is 1. The normalized spacial score (nSPS) is 15.6. The molecule has 0 aromatic heterocycles. The maximum atomic E-state index is 13.9. The zero-order chi connectivity index (χ0) is 31.0. The van der Waals surface area contributed by atoms with Gasteiger partial charge in [0.2, 0.25) is 0 Å². The van der Waals surface area contributed by atoms with Crippen LogP contribution < -0.4 is 31.5 Å². The molecular weight excluding hydrogens is 564 g/mol. The number of urea groups is 2. The maximum Gasteiger partial charge on any atom is 0.318 e. The van der Waals surface area contributed by atoms with Crippen molar-refractivity contribution in [2.75, 3.05) is 36.1 Å². The number of amides is 5. The number of aliphatic hydroxyl groups excluding tert-OH is 1. The highest BCUT2D eigenvalue weighted by Gasteiger charge is 2.32. The SMILES string of the molecule is CNC(=O)Nc1ccccc1-c1ccc(CN2C(=O)[C@H](NC(=O)NCC(C)(C)NC[C@@H](C)O)CSc3ccccc32)cc1. The second-order valence-corrected chi connectivity index (χ2v) is 12.2. The first-order chi connectivity index (χ1) is 20.6. The Hall–Kier alpha value is -4.06. The quantitative estimate of drug-likeness (QED) is 0.206. The van der Waals surface area contributed by atoms with Crippen LogP contribution in [0.5, 0.6) is 0 Å². The van der Waals surface area contributed by atoms with Crippen LogP contribution >= 0.6 is 11.8 Å². The largest absolute Gasteiger partial charge is 0.392 e. The number of hydrogen-bond acceptors (Lipinski definition) is 6. The van der Waals surface area contributed by atoms with Crippen molar-refractivity contribution >= 4 is 41.1 Å². The van der Waals surface area contributed by atoms with Crippen LogP contribution in [0.3, 0.4) is 0 Å². The third kappa shape index (κ3) is 8.73. The summed E-state index contributed by atoms with van der Waals surface area (Å²) in [5, 5.41) is 23.9. The van der Waals surface area contributed by atoms with Gasteiger partial charge < -0.3 is 36.6 Å². The number of carbonyl (C=O) groups excluding carboxylic acids is 3. The number of benzene rings is 3. The van der Waals surface area contributed by atoms with Crippen molar-refractivity contribution in [3.63, 3.8) is 0 Å². The van der Waals surface area contributed by atoms with E-state index in [1.807, 2.05) is 86.6 Å². The molecule has 6 N–H and O–H groups in total. The maximum absolute atomic E-state index is 13.9. The van der Waals surface area contributed by atoms with Gasteiger partial charge in [-0.25, -0.2) is 9.59 Å². The summed E-state index contributed by atoms with van der Waals surface area (Å²) in [5.74, 6) is 0.209. The van der Waals surface area contributed by atoms with E-state index in [9.17, 15) is 19.5 Å². The summed E-state index contributed by atoms with van der Waals surface area (Å²) >= 11 is 1.54. The minimum absolute atomic E-state index is 0.191. The summed E-state index contributed by atoms with van der Waals surface area (Å²) in [6.07, 6.45) is -0.501. The number of para-hydroxylation sites is 2. The fourth-order valence-electron chi connectivity index (χ4n) is 4.62. The first kappa shape index (κ1) is 31.9. The van der Waals surface area contributed by atoms with E-state index in [0.29, 0.717) is 31.1 Å². The van der Waals surface area contributed by atoms with Gasteiger partial charge in [0.25, 0.3) is 5.91 Å². The molecule has 0 radical (unpaired) electrons. The number of rotatable bonds is 10. The van der Waals surface area contributed by atoms with Crippen LogP contribution in [0.1, 0.15) is 26.3 Å². The number of fused-ring (bicyclic) bond motifs is 1. The lowest BCUT2D eigenvalue weighted by atomic mass is 10.0. The van der Waals surface area contributed by atoms with Crippen LogP contribution in [0.2, 0.25) is 0 Å². The van der Waals surface area contributed by atoms with Gasteiger partial charge in [0.05, 0.1) is 24.0 Å². The molecule has 1 aliphatic rings. The number of carbonyl (C=O) groups is 3. The lowest BCUT2D eigenvalue weighted by molar-refractivity contribution is -0.120. The van der Waals surface area contributed by atoms with Crippen LogP contribution in [0, 0.1) is 0 Å². The molecule has 5 amide bonds. The Kier molecular flexibility index (Phi) is 10.7. The Morgan fingerprint density at radius 3 is 2.44 bits per heavy atom. The van der Waals surface area contributed by atoms with Crippen molar-refractivity contribution in [3.05, 3.63) is 78.4 Å². The standard InChI is InChI=1S/C32H40N6O4S/c1-21(39)17-35-32(2,3)20-34-31(42)37-26-19-43-28-12-8-7-11-27(28)38(29(26)40)18-22-13-15-23(16-14-22)24-9-5-6-10-25(24)36-30(41)33-4/h5-16,21,26,35,39H,17-20H2,1-4H3,(H2,33,36,41)(H2,34,37,42)/t21-,26-/m1/s1. The van der Waals surface area contributed by atoms with Crippen molar-refractivity contribution < 1.29 is 19.5 Å². The third-order valence-corrected chi connectivity index (χ3v) is 8.16. The number of anilines is 2. The number of nitrogens with zero attached hydrogens (tertiary/aromatic N) is 1. The van der Waals surface area contributed by atoms with Crippen molar-refractivity contribution in [2.24, 2.45) is 0 Å². The Labute approximate surface area is 257 Å². The van der Waals surface area contributed by atoms with Crippen molar-refractivity contribution in [1.82, 2.24) is 21.3 Å². The highest BCUT2D eigenvalue weighted by Crippen LogP contribution is 2.35. The summed E-state index contributed by atoms with van der Waals surface area (Å²) < 4.78 is 0. The van der Waals surface area contributed by atoms with Gasteiger partial charge in [-0.2, -0.15) is 0 Å². The summed E-state index contributed by atoms with van der Waals surface area (Å²) in [7, 11) is 1.57. The van der Waals surface area contributed by atoms with E-state index in [-0.39, 0.29) is 11.9 Å². The molecule has 0 fully saturated rings. The monoisotopic (exact) mass is 604 g/mol. The molecule has 11 heteroatoms. The van der Waals surface area contributed by atoms with Crippen molar-refractivity contribution in [1.29, 1.82) is 0 Å². The Morgan fingerprint density at radius 2 is 1.72 bits per heavy atom. The molecule has 228 valence electrons. The number of aliphatic hydroxyl groups is 1. The van der Waals surface area contributed by atoms with E-state index < -0.39 is 23.7 Å². The molecule has 4 rings (SSSR count). The molecule has 3 aromatic rings. The van der Waals surface area contributed by atoms with Gasteiger partial charge in [0.1, 0.15) is 6.04 Å². The molecule has 1 aliphatic heterocycles. The number of hydrogen-bond donors (Lipinski definition) is 6. The number of nitrogens with one attached hydrogen (secondary N) is 5. The van der Waals surface area contributed by atoms with Crippen LogP contribution in [0.15, 0.2) is 77.7 Å². The minimum Gasteiger partial charge on any atom is -0.392 e. The van der Waals surface area contributed by atoms with E-state index in [4.69, 9.17) is 0 Å². The van der Waals surface area contributed by atoms with Crippen LogP contribution in [-0.4, -0.2) is 66.7 Å². The van der Waals surface area contributed by atoms with Gasteiger partial charge in [-0.15, -0.1) is 11.8 Å². The summed E-state index contributed by atoms with van der Waals surface area (Å²) in [6.45, 7) is 6.61. The summed E-state index contributed by atoms with van der Waals surface area (Å²) in [6, 6.07) is 21.8. The van der Waals surface area contributed by atoms with Gasteiger partial charge in [-0.3, -0.25) is 4.79 Å². The molecule has 1 heterocycles. The highest BCUT2D eigenvalue weighted by molar-refractivity contribution is 7.99. The zero-order valence-corrected chi connectivity index (χ0v) is 25.8. The molecule has 0 unspecified atom stereocenters. The molecule has 2 atom stereocenters. The average Bonchev–Trinajstić information content (AvgIpc) is 3.12. The third-order valence-electron chi connectivity index (χ3n) is 7.01. The van der Waals surface area contributed by atoms with Crippen molar-refractivity contribution in [3.8, 4) is 11.1 Å². The molecule has 0 saturated heterocycles. The predicted molar refractivity (Wildman–Crippen MR) is 172 cm³/mol. The van der Waals surface area contributed by atoms with E-state index in [2.05, 4.69) is 26.6 Å². The van der Waals surface area contributed by atoms with E-state index in [0.717, 1.165) is 27.3 Å². The second kappa shape index (κ2) is 14.4. The molecule has 10 nitrogen and oxygen atoms in total. The minimum atomic E-state index is -0.729. The molecular formula is C32H40N6O4S. The van der Waals surface area contributed by atoms with Crippen molar-refractivity contribution in [2.45, 2.75) is 49.9 Å². The van der Waals surface area contributed by atoms with E-state index in [1.165, 1.54) is 11.8 Å². The Balaban J connectivity index is 1.49. The predicted octanol–water partition coefficient (Wildman–Crippen LogP) is 4.16. The topological polar surface area (TPSA) is 135 Å². The first-order valence-electron chi connectivity index (χ1n) is 14.2. The molecule has 43 heavy (non-hydrogen) atoms. The second-order valence-electron chi connectivity index (χ2n) is 11.1. The fraction of sp³-hybridized carbons (Fsp3) is 0.344. The lowest BCUT2D eigenvalue weighted by Crippen LogP contribution is -2.56. The van der Waals surface area contributed by atoms with Gasteiger partial charge >= 0.3 is 12.1 Å². The van der Waals surface area contributed by atoms with E-state index in [1.54, 1.807) is 18.9 Å². The first-order valence-corrected chi connectivity index (χ1v) is 15.2. The summed E-state index contributed by atoms with van der Waals surface area (Å²) in [5.41, 5.74) is 3.78. The molecule has 3 aromatic carbocycles. The smallest absolute Gasteiger partial charge is 0.318 e. The highest BCUT2D eigenvalue weighted by atomic mass is 32.2. The average molecular weight is 605 g/mol. The molecule has 0 aliphatic carbocycles. The molecule has 0 saturated carbocycles. The Morgan fingerprint density at radius 1 is 1.02 bits per heavy atom. The van der Waals surface area contributed by atoms with Gasteiger partial charge in [-0.1, -0.05) is 54.6 Å². The van der Waals surface area contributed by atoms with Gasteiger partial charge in [0, 0.05) is 41.9 Å².